The summed E-state index contributed by atoms with van der Waals surface area (Å²) in [4.78, 5) is 5.74. The van der Waals surface area contributed by atoms with E-state index in [1.807, 2.05) is 12.1 Å². The molecule has 1 aliphatic heterocycles. The molecule has 3 rings (SSSR count). The molecule has 0 saturated heterocycles. The van der Waals surface area contributed by atoms with E-state index in [2.05, 4.69) is 41.3 Å². The van der Waals surface area contributed by atoms with Crippen LogP contribution >= 0.6 is 36.2 Å². The molecule has 3 nitrogen and oxygen atoms in total. The molecule has 1 aliphatic rings. The highest BCUT2D eigenvalue weighted by Gasteiger charge is 2.24. The molecule has 22 heavy (non-hydrogen) atoms. The molecule has 0 unspecified atom stereocenters. The number of hydrogen-bond acceptors (Lipinski definition) is 2. The summed E-state index contributed by atoms with van der Waals surface area (Å²) >= 11 is 11.9. The lowest BCUT2D eigenvalue weighted by atomic mass is 10.1. The number of benzene rings is 1. The minimum Gasteiger partial charge on any atom is -0.331 e. The van der Waals surface area contributed by atoms with Gasteiger partial charge in [-0.05, 0) is 45.1 Å². The second-order valence-corrected chi connectivity index (χ2v) is 6.82. The van der Waals surface area contributed by atoms with Crippen molar-refractivity contribution in [3.63, 3.8) is 0 Å². The maximum atomic E-state index is 6.46. The molecule has 0 saturated carbocycles. The predicted molar refractivity (Wildman–Crippen MR) is 98.7 cm³/mol. The minimum atomic E-state index is 0. The topological polar surface area (TPSA) is 24.0 Å². The van der Waals surface area contributed by atoms with E-state index in [0.29, 0.717) is 6.04 Å². The Labute approximate surface area is 147 Å². The van der Waals surface area contributed by atoms with E-state index < -0.39 is 0 Å². The molecule has 120 valence electrons. The van der Waals surface area contributed by atoms with Crippen LogP contribution in [0.15, 0.2) is 23.8 Å². The van der Waals surface area contributed by atoms with Gasteiger partial charge in [0.15, 0.2) is 4.77 Å². The van der Waals surface area contributed by atoms with Gasteiger partial charge in [0.1, 0.15) is 0 Å². The number of hydrogen-bond donors (Lipinski definition) is 1. The van der Waals surface area contributed by atoms with Crippen molar-refractivity contribution in [2.24, 2.45) is 0 Å². The summed E-state index contributed by atoms with van der Waals surface area (Å²) in [6.07, 6.45) is 2.27. The van der Waals surface area contributed by atoms with Gasteiger partial charge in [0.05, 0.1) is 11.0 Å². The van der Waals surface area contributed by atoms with Crippen LogP contribution in [0.2, 0.25) is 5.02 Å². The zero-order chi connectivity index (χ0) is 15.1. The van der Waals surface area contributed by atoms with Crippen LogP contribution in [-0.2, 0) is 13.1 Å². The van der Waals surface area contributed by atoms with E-state index in [1.165, 1.54) is 16.7 Å². The molecule has 0 fully saturated rings. The fourth-order valence-corrected chi connectivity index (χ4v) is 3.40. The summed E-state index contributed by atoms with van der Waals surface area (Å²) in [5, 5.41) is 0.821. The fourth-order valence-electron chi connectivity index (χ4n) is 2.91. The van der Waals surface area contributed by atoms with Crippen LogP contribution in [0.5, 0.6) is 0 Å². The second-order valence-electron chi connectivity index (χ2n) is 6.02. The average Bonchev–Trinajstić information content (AvgIpc) is 2.64. The summed E-state index contributed by atoms with van der Waals surface area (Å²) in [5.74, 6) is 0. The van der Waals surface area contributed by atoms with Gasteiger partial charge in [-0.2, -0.15) is 0 Å². The molecule has 0 aliphatic carbocycles. The summed E-state index contributed by atoms with van der Waals surface area (Å²) in [6, 6.07) is 4.39. The van der Waals surface area contributed by atoms with Crippen LogP contribution in [0.4, 0.5) is 0 Å². The first-order chi connectivity index (χ1) is 9.97. The monoisotopic (exact) mass is 357 g/mol. The first-order valence-corrected chi connectivity index (χ1v) is 8.03. The Hall–Kier alpha value is -0.810. The lowest BCUT2D eigenvalue weighted by Crippen LogP contribution is -2.34. The molecule has 2 heterocycles. The zero-order valence-electron chi connectivity index (χ0n) is 13.0. The zero-order valence-corrected chi connectivity index (χ0v) is 15.4. The van der Waals surface area contributed by atoms with Gasteiger partial charge in [0, 0.05) is 36.3 Å². The Balaban J connectivity index is 0.00000176. The normalized spacial score (nSPS) is 17.9. The number of rotatable bonds is 2. The number of H-pyrrole nitrogens is 1. The summed E-state index contributed by atoms with van der Waals surface area (Å²) in [7, 11) is 0. The fraction of sp³-hybridized carbons (Fsp3) is 0.438. The quantitative estimate of drug-likeness (QED) is 0.607. The van der Waals surface area contributed by atoms with Gasteiger partial charge < -0.3 is 9.55 Å². The maximum Gasteiger partial charge on any atom is 0.178 e. The van der Waals surface area contributed by atoms with Crippen molar-refractivity contribution < 1.29 is 0 Å². The van der Waals surface area contributed by atoms with E-state index in [4.69, 9.17) is 23.8 Å². The predicted octanol–water partition coefficient (Wildman–Crippen LogP) is 4.94. The molecule has 0 spiro atoms. The number of aromatic nitrogens is 2. The lowest BCUT2D eigenvalue weighted by Gasteiger charge is -2.26. The van der Waals surface area contributed by atoms with Gasteiger partial charge in [-0.25, -0.2) is 0 Å². The summed E-state index contributed by atoms with van der Waals surface area (Å²) in [5.41, 5.74) is 4.76. The number of imidazole rings is 1. The molecule has 6 heteroatoms. The number of halogens is 2. The maximum absolute atomic E-state index is 6.46. The van der Waals surface area contributed by atoms with Crippen molar-refractivity contribution in [3.05, 3.63) is 39.1 Å². The van der Waals surface area contributed by atoms with Crippen molar-refractivity contribution in [2.75, 3.05) is 6.54 Å². The Morgan fingerprint density at radius 1 is 1.45 bits per heavy atom. The van der Waals surface area contributed by atoms with Crippen molar-refractivity contribution in [3.8, 4) is 0 Å². The molecule has 0 amide bonds. The Kier molecular flexibility index (Phi) is 5.38. The van der Waals surface area contributed by atoms with Crippen LogP contribution < -0.4 is 0 Å². The smallest absolute Gasteiger partial charge is 0.178 e. The standard InChI is InChI=1S/C16H20ClN3S.ClH/c1-10(2)6-7-19-9-12-13(17)4-5-14-15(12)20(8-11(19)3)16(21)18-14;/h4-6,11H,7-9H2,1-3H3,(H,18,21);1H/t11-;/m0./s1. The molecule has 2 aromatic rings. The van der Waals surface area contributed by atoms with Crippen LogP contribution in [0.25, 0.3) is 11.0 Å². The van der Waals surface area contributed by atoms with E-state index in [1.54, 1.807) is 0 Å². The van der Waals surface area contributed by atoms with Crippen LogP contribution in [-0.4, -0.2) is 27.0 Å². The second kappa shape index (κ2) is 6.75. The third kappa shape index (κ3) is 3.11. The van der Waals surface area contributed by atoms with Crippen LogP contribution in [0, 0.1) is 4.77 Å². The van der Waals surface area contributed by atoms with Crippen molar-refractivity contribution in [2.45, 2.75) is 39.9 Å². The Bertz CT molecular complexity index is 772. The number of nitrogens with zero attached hydrogens (tertiary/aromatic N) is 2. The minimum absolute atomic E-state index is 0. The summed E-state index contributed by atoms with van der Waals surface area (Å²) in [6.45, 7) is 9.21. The van der Waals surface area contributed by atoms with Gasteiger partial charge in [-0.3, -0.25) is 4.90 Å². The molecule has 1 atom stereocenters. The van der Waals surface area contributed by atoms with E-state index >= 15 is 0 Å². The third-order valence-electron chi connectivity index (χ3n) is 4.15. The first kappa shape index (κ1) is 17.5. The molecule has 0 bridgehead atoms. The first-order valence-electron chi connectivity index (χ1n) is 7.24. The molecular weight excluding hydrogens is 337 g/mol. The number of nitrogens with one attached hydrogen (secondary N) is 1. The highest BCUT2D eigenvalue weighted by atomic mass is 35.5. The van der Waals surface area contributed by atoms with Crippen LogP contribution in [0.3, 0.4) is 0 Å². The third-order valence-corrected chi connectivity index (χ3v) is 4.82. The van der Waals surface area contributed by atoms with Crippen LogP contribution in [0.1, 0.15) is 26.3 Å². The van der Waals surface area contributed by atoms with Gasteiger partial charge >= 0.3 is 0 Å². The molecular formula is C16H21Cl2N3S. The van der Waals surface area contributed by atoms with Gasteiger partial charge in [0.25, 0.3) is 0 Å². The molecule has 1 N–H and O–H groups in total. The molecule has 1 aromatic carbocycles. The lowest BCUT2D eigenvalue weighted by molar-refractivity contribution is 0.210. The molecule has 0 radical (unpaired) electrons. The largest absolute Gasteiger partial charge is 0.331 e. The van der Waals surface area contributed by atoms with Crippen molar-refractivity contribution >= 4 is 47.3 Å². The highest BCUT2D eigenvalue weighted by molar-refractivity contribution is 7.71. The van der Waals surface area contributed by atoms with E-state index in [-0.39, 0.29) is 12.4 Å². The highest BCUT2D eigenvalue weighted by Crippen LogP contribution is 2.31. The van der Waals surface area contributed by atoms with Gasteiger partial charge in [0.2, 0.25) is 0 Å². The Morgan fingerprint density at radius 2 is 2.18 bits per heavy atom. The van der Waals surface area contributed by atoms with Gasteiger partial charge in [-0.1, -0.05) is 23.3 Å². The van der Waals surface area contributed by atoms with E-state index in [0.717, 1.165) is 34.9 Å². The average molecular weight is 358 g/mol. The Morgan fingerprint density at radius 3 is 2.86 bits per heavy atom. The van der Waals surface area contributed by atoms with Crippen molar-refractivity contribution in [1.29, 1.82) is 0 Å². The SMILES string of the molecule is CC(C)=CCN1Cc2c(Cl)ccc3[nH]c(=S)n(c23)C[C@@H]1C.Cl. The number of aromatic amines is 1. The number of allylic oxidation sites excluding steroid dienone is 1. The van der Waals surface area contributed by atoms with E-state index in [9.17, 15) is 0 Å². The summed E-state index contributed by atoms with van der Waals surface area (Å²) < 4.78 is 2.98. The molecule has 1 aromatic heterocycles. The van der Waals surface area contributed by atoms with Crippen molar-refractivity contribution in [1.82, 2.24) is 14.5 Å². The van der Waals surface area contributed by atoms with Gasteiger partial charge in [-0.15, -0.1) is 12.4 Å².